The van der Waals surface area contributed by atoms with E-state index in [4.69, 9.17) is 5.73 Å². The third-order valence-electron chi connectivity index (χ3n) is 3.31. The average Bonchev–Trinajstić information content (AvgIpc) is 2.43. The van der Waals surface area contributed by atoms with Gasteiger partial charge in [-0.05, 0) is 31.2 Å². The average molecular weight is 154 g/mol. The molecule has 2 heteroatoms. The molecule has 3 atom stereocenters. The minimum atomic E-state index is 0.518. The highest BCUT2D eigenvalue weighted by Gasteiger charge is 2.38. The van der Waals surface area contributed by atoms with Crippen LogP contribution >= 0.6 is 0 Å². The van der Waals surface area contributed by atoms with E-state index < -0.39 is 0 Å². The summed E-state index contributed by atoms with van der Waals surface area (Å²) in [6.07, 6.45) is 2.56. The molecular weight excluding hydrogens is 136 g/mol. The monoisotopic (exact) mass is 154 g/mol. The van der Waals surface area contributed by atoms with Crippen molar-refractivity contribution < 1.29 is 0 Å². The molecule has 0 spiro atoms. The van der Waals surface area contributed by atoms with Crippen molar-refractivity contribution in [3.05, 3.63) is 0 Å². The third kappa shape index (κ3) is 1.30. The fourth-order valence-corrected chi connectivity index (χ4v) is 2.70. The number of nitrogens with zero attached hydrogens (tertiary/aromatic N) is 1. The van der Waals surface area contributed by atoms with E-state index in [2.05, 4.69) is 11.8 Å². The van der Waals surface area contributed by atoms with E-state index in [1.807, 2.05) is 0 Å². The van der Waals surface area contributed by atoms with Crippen LogP contribution in [0.5, 0.6) is 0 Å². The van der Waals surface area contributed by atoms with Crippen LogP contribution in [0, 0.1) is 11.8 Å². The van der Waals surface area contributed by atoms with Gasteiger partial charge in [0.1, 0.15) is 0 Å². The normalized spacial score (nSPS) is 44.7. The first-order chi connectivity index (χ1) is 5.29. The Balaban J connectivity index is 1.93. The smallest absolute Gasteiger partial charge is 0.00452 e. The van der Waals surface area contributed by atoms with Gasteiger partial charge in [0.05, 0.1) is 0 Å². The van der Waals surface area contributed by atoms with Crippen molar-refractivity contribution in [2.75, 3.05) is 19.6 Å². The Bertz CT molecular complexity index is 132. The molecular formula is C9H18N2. The van der Waals surface area contributed by atoms with E-state index in [0.717, 1.165) is 11.8 Å². The Morgan fingerprint density at radius 2 is 1.82 bits per heavy atom. The molecule has 1 saturated heterocycles. The molecule has 2 aliphatic rings. The van der Waals surface area contributed by atoms with Crippen molar-refractivity contribution in [3.63, 3.8) is 0 Å². The summed E-state index contributed by atoms with van der Waals surface area (Å²) in [7, 11) is 0. The summed E-state index contributed by atoms with van der Waals surface area (Å²) in [5.41, 5.74) is 5.89. The van der Waals surface area contributed by atoms with Gasteiger partial charge in [0.2, 0.25) is 0 Å². The highest BCUT2D eigenvalue weighted by atomic mass is 15.2. The second-order valence-corrected chi connectivity index (χ2v) is 4.10. The van der Waals surface area contributed by atoms with Crippen LogP contribution < -0.4 is 5.73 Å². The Morgan fingerprint density at radius 3 is 2.27 bits per heavy atom. The summed E-state index contributed by atoms with van der Waals surface area (Å²) in [5.74, 6) is 1.87. The van der Waals surface area contributed by atoms with Gasteiger partial charge in [0, 0.05) is 19.1 Å². The van der Waals surface area contributed by atoms with Crippen LogP contribution in [0.15, 0.2) is 0 Å². The highest BCUT2D eigenvalue weighted by Crippen LogP contribution is 2.36. The molecule has 0 amide bonds. The van der Waals surface area contributed by atoms with Gasteiger partial charge in [0.15, 0.2) is 0 Å². The predicted molar refractivity (Wildman–Crippen MR) is 46.3 cm³/mol. The lowest BCUT2D eigenvalue weighted by atomic mass is 10.0. The molecule has 0 bridgehead atoms. The second kappa shape index (κ2) is 2.76. The molecule has 0 aromatic carbocycles. The van der Waals surface area contributed by atoms with Crippen LogP contribution in [0.1, 0.15) is 19.8 Å². The molecule has 0 aromatic rings. The molecule has 11 heavy (non-hydrogen) atoms. The van der Waals surface area contributed by atoms with E-state index in [1.54, 1.807) is 0 Å². The van der Waals surface area contributed by atoms with Gasteiger partial charge in [0.25, 0.3) is 0 Å². The number of likely N-dealkylation sites (tertiary alicyclic amines) is 1. The standard InChI is InChI=1S/C9H18N2/c1-2-11-5-7-3-9(10)4-8(7)6-11/h7-9H,2-6,10H2,1H3/t7-,8+,9-. The maximum atomic E-state index is 5.89. The number of hydrogen-bond donors (Lipinski definition) is 1. The highest BCUT2D eigenvalue weighted by molar-refractivity contribution is 4.93. The fraction of sp³-hybridized carbons (Fsp3) is 1.00. The first-order valence-electron chi connectivity index (χ1n) is 4.77. The number of rotatable bonds is 1. The van der Waals surface area contributed by atoms with E-state index in [9.17, 15) is 0 Å². The zero-order valence-electron chi connectivity index (χ0n) is 7.29. The summed E-state index contributed by atoms with van der Waals surface area (Å²) in [4.78, 5) is 2.56. The minimum absolute atomic E-state index is 0.518. The van der Waals surface area contributed by atoms with Gasteiger partial charge in [-0.25, -0.2) is 0 Å². The summed E-state index contributed by atoms with van der Waals surface area (Å²) >= 11 is 0. The molecule has 1 aliphatic carbocycles. The molecule has 2 fully saturated rings. The molecule has 64 valence electrons. The Hall–Kier alpha value is -0.0800. The van der Waals surface area contributed by atoms with Crippen LogP contribution in [0.25, 0.3) is 0 Å². The van der Waals surface area contributed by atoms with Crippen LogP contribution in [-0.4, -0.2) is 30.6 Å². The van der Waals surface area contributed by atoms with Crippen molar-refractivity contribution in [2.24, 2.45) is 17.6 Å². The lowest BCUT2D eigenvalue weighted by Crippen LogP contribution is -2.25. The maximum absolute atomic E-state index is 5.89. The molecule has 0 radical (unpaired) electrons. The number of fused-ring (bicyclic) bond motifs is 1. The maximum Gasteiger partial charge on any atom is 0.00452 e. The molecule has 2 nitrogen and oxygen atoms in total. The van der Waals surface area contributed by atoms with Crippen LogP contribution in [-0.2, 0) is 0 Å². The van der Waals surface area contributed by atoms with Crippen molar-refractivity contribution in [1.82, 2.24) is 4.90 Å². The minimum Gasteiger partial charge on any atom is -0.328 e. The zero-order valence-corrected chi connectivity index (χ0v) is 7.29. The van der Waals surface area contributed by atoms with Crippen LogP contribution in [0.3, 0.4) is 0 Å². The van der Waals surface area contributed by atoms with Crippen molar-refractivity contribution in [3.8, 4) is 0 Å². The fourth-order valence-electron chi connectivity index (χ4n) is 2.70. The zero-order chi connectivity index (χ0) is 7.84. The Kier molecular flexibility index (Phi) is 1.90. The van der Waals surface area contributed by atoms with Gasteiger partial charge in [-0.1, -0.05) is 6.92 Å². The summed E-state index contributed by atoms with van der Waals surface area (Å²) in [6, 6.07) is 0.518. The van der Waals surface area contributed by atoms with Gasteiger partial charge in [-0.15, -0.1) is 0 Å². The van der Waals surface area contributed by atoms with E-state index in [1.165, 1.54) is 32.5 Å². The van der Waals surface area contributed by atoms with Gasteiger partial charge in [-0.3, -0.25) is 0 Å². The second-order valence-electron chi connectivity index (χ2n) is 4.10. The lowest BCUT2D eigenvalue weighted by molar-refractivity contribution is 0.323. The first-order valence-corrected chi connectivity index (χ1v) is 4.77. The number of nitrogens with two attached hydrogens (primary N) is 1. The molecule has 2 rings (SSSR count). The van der Waals surface area contributed by atoms with E-state index >= 15 is 0 Å². The van der Waals surface area contributed by atoms with E-state index in [0.29, 0.717) is 6.04 Å². The quantitative estimate of drug-likeness (QED) is 0.601. The molecule has 1 heterocycles. The van der Waals surface area contributed by atoms with Crippen molar-refractivity contribution in [2.45, 2.75) is 25.8 Å². The summed E-state index contributed by atoms with van der Waals surface area (Å²) in [6.45, 7) is 6.10. The molecule has 0 aromatic heterocycles. The van der Waals surface area contributed by atoms with Gasteiger partial charge in [-0.2, -0.15) is 0 Å². The Morgan fingerprint density at radius 1 is 1.27 bits per heavy atom. The first kappa shape index (κ1) is 7.56. The molecule has 0 unspecified atom stereocenters. The summed E-state index contributed by atoms with van der Waals surface area (Å²) in [5, 5.41) is 0. The SMILES string of the molecule is CCN1C[C@H]2C[C@@H](N)C[C@H]2C1. The number of hydrogen-bond acceptors (Lipinski definition) is 2. The van der Waals surface area contributed by atoms with Gasteiger partial charge < -0.3 is 10.6 Å². The largest absolute Gasteiger partial charge is 0.328 e. The van der Waals surface area contributed by atoms with Crippen molar-refractivity contribution in [1.29, 1.82) is 0 Å². The topological polar surface area (TPSA) is 29.3 Å². The van der Waals surface area contributed by atoms with Crippen LogP contribution in [0.2, 0.25) is 0 Å². The molecule has 1 saturated carbocycles. The third-order valence-corrected chi connectivity index (χ3v) is 3.31. The van der Waals surface area contributed by atoms with Crippen LogP contribution in [0.4, 0.5) is 0 Å². The Labute approximate surface area is 68.7 Å². The molecule has 1 aliphatic heterocycles. The van der Waals surface area contributed by atoms with Crippen molar-refractivity contribution >= 4 is 0 Å². The lowest BCUT2D eigenvalue weighted by Gasteiger charge is -2.14. The summed E-state index contributed by atoms with van der Waals surface area (Å²) < 4.78 is 0. The van der Waals surface area contributed by atoms with Gasteiger partial charge >= 0.3 is 0 Å². The molecule has 2 N–H and O–H groups in total. The van der Waals surface area contributed by atoms with E-state index in [-0.39, 0.29) is 0 Å². The predicted octanol–water partition coefficient (Wildman–Crippen LogP) is 0.675.